The molecule has 0 aromatic heterocycles. The monoisotopic (exact) mass is 454 g/mol. The third-order valence-electron chi connectivity index (χ3n) is 6.95. The fourth-order valence-corrected chi connectivity index (χ4v) is 5.39. The first-order chi connectivity index (χ1) is 15.3. The molecule has 1 aromatic rings. The van der Waals surface area contributed by atoms with Crippen molar-refractivity contribution in [1.82, 2.24) is 0 Å². The second kappa shape index (κ2) is 9.52. The lowest BCUT2D eigenvalue weighted by atomic mass is 9.59. The number of ether oxygens (including phenoxy) is 1. The Bertz CT molecular complexity index is 834. The minimum absolute atomic E-state index is 0.163. The number of Topliss-reactive ketones (excluding diaryl/α,β-unsaturated/α-hetero) is 4. The minimum atomic E-state index is -0.954. The van der Waals surface area contributed by atoms with E-state index in [1.165, 1.54) is 0 Å². The van der Waals surface area contributed by atoms with Crippen LogP contribution in [0.2, 0.25) is 0 Å². The lowest BCUT2D eigenvalue weighted by Crippen LogP contribution is -2.48. The summed E-state index contributed by atoms with van der Waals surface area (Å²) in [4.78, 5) is 52.9. The quantitative estimate of drug-likeness (QED) is 0.520. The average molecular weight is 455 g/mol. The van der Waals surface area contributed by atoms with E-state index in [4.69, 9.17) is 4.74 Å². The fraction of sp³-hybridized carbons (Fsp3) is 0.643. The SMILES string of the molecule is CC(C)CCOc1ccc(C(C2C(=O)CC(C)(C)CC2=O)C2C(=O)CC(C)(C)CC2=O)cc1. The molecule has 0 spiro atoms. The Labute approximate surface area is 197 Å². The van der Waals surface area contributed by atoms with Crippen LogP contribution in [-0.2, 0) is 19.2 Å². The third kappa shape index (κ3) is 5.99. The summed E-state index contributed by atoms with van der Waals surface area (Å²) < 4.78 is 5.81. The fourth-order valence-electron chi connectivity index (χ4n) is 5.39. The standard InChI is InChI=1S/C28H38O5/c1-17(2)11-12-33-19-9-7-18(8-10-19)24(25-20(29)13-27(3,4)14-21(25)30)26-22(31)15-28(5,6)16-23(26)32/h7-10,17,24-26H,11-16H2,1-6H3. The molecule has 0 N–H and O–H groups in total. The van der Waals surface area contributed by atoms with E-state index in [9.17, 15) is 19.2 Å². The van der Waals surface area contributed by atoms with Crippen molar-refractivity contribution in [1.29, 1.82) is 0 Å². The number of carbonyl (C=O) groups excluding carboxylic acids is 4. The zero-order valence-corrected chi connectivity index (χ0v) is 20.9. The largest absolute Gasteiger partial charge is 0.494 e. The van der Waals surface area contributed by atoms with Crippen LogP contribution in [-0.4, -0.2) is 29.7 Å². The molecule has 0 aliphatic heterocycles. The molecule has 0 saturated heterocycles. The molecule has 5 nitrogen and oxygen atoms in total. The lowest BCUT2D eigenvalue weighted by molar-refractivity contribution is -0.145. The van der Waals surface area contributed by atoms with Gasteiger partial charge in [-0.05, 0) is 40.9 Å². The Morgan fingerprint density at radius 2 is 1.15 bits per heavy atom. The molecular formula is C28H38O5. The van der Waals surface area contributed by atoms with Crippen LogP contribution in [0.4, 0.5) is 0 Å². The van der Waals surface area contributed by atoms with Gasteiger partial charge in [0, 0.05) is 31.6 Å². The second-order valence-corrected chi connectivity index (χ2v) is 12.0. The zero-order valence-electron chi connectivity index (χ0n) is 20.9. The van der Waals surface area contributed by atoms with Crippen LogP contribution in [0.1, 0.15) is 85.1 Å². The summed E-state index contributed by atoms with van der Waals surface area (Å²) in [6, 6.07) is 7.25. The Balaban J connectivity index is 1.96. The summed E-state index contributed by atoms with van der Waals surface area (Å²) in [5, 5.41) is 0. The Hall–Kier alpha value is -2.30. The first-order valence-corrected chi connectivity index (χ1v) is 12.1. The summed E-state index contributed by atoms with van der Waals surface area (Å²) in [6.45, 7) is 12.5. The molecule has 0 atom stereocenters. The molecule has 2 aliphatic carbocycles. The van der Waals surface area contributed by atoms with Crippen molar-refractivity contribution in [3.8, 4) is 5.75 Å². The van der Waals surface area contributed by atoms with Gasteiger partial charge in [-0.25, -0.2) is 0 Å². The van der Waals surface area contributed by atoms with Gasteiger partial charge in [0.05, 0.1) is 18.4 Å². The molecule has 0 amide bonds. The van der Waals surface area contributed by atoms with Gasteiger partial charge in [0.25, 0.3) is 0 Å². The lowest BCUT2D eigenvalue weighted by Gasteiger charge is -2.41. The van der Waals surface area contributed by atoms with E-state index >= 15 is 0 Å². The summed E-state index contributed by atoms with van der Waals surface area (Å²) >= 11 is 0. The summed E-state index contributed by atoms with van der Waals surface area (Å²) in [5.41, 5.74) is -0.110. The molecule has 2 aliphatic rings. The number of benzene rings is 1. The predicted octanol–water partition coefficient (Wildman–Crippen LogP) is 5.34. The van der Waals surface area contributed by atoms with E-state index in [1.807, 2.05) is 52.0 Å². The Morgan fingerprint density at radius 1 is 0.758 bits per heavy atom. The number of carbonyl (C=O) groups is 4. The molecule has 0 heterocycles. The zero-order chi connectivity index (χ0) is 24.6. The number of hydrogen-bond donors (Lipinski definition) is 0. The van der Waals surface area contributed by atoms with E-state index < -0.39 is 28.6 Å². The minimum Gasteiger partial charge on any atom is -0.494 e. The molecule has 180 valence electrons. The maximum atomic E-state index is 13.2. The summed E-state index contributed by atoms with van der Waals surface area (Å²) in [5.74, 6) is -2.07. The van der Waals surface area contributed by atoms with Crippen molar-refractivity contribution in [2.24, 2.45) is 28.6 Å². The molecule has 2 saturated carbocycles. The van der Waals surface area contributed by atoms with Crippen LogP contribution in [0.3, 0.4) is 0 Å². The van der Waals surface area contributed by atoms with Gasteiger partial charge < -0.3 is 4.74 Å². The van der Waals surface area contributed by atoms with E-state index in [1.54, 1.807) is 0 Å². The van der Waals surface area contributed by atoms with E-state index in [-0.39, 0.29) is 48.8 Å². The number of ketones is 4. The van der Waals surface area contributed by atoms with Crippen LogP contribution < -0.4 is 4.74 Å². The summed E-state index contributed by atoms with van der Waals surface area (Å²) in [7, 11) is 0. The van der Waals surface area contributed by atoms with Crippen molar-refractivity contribution in [3.05, 3.63) is 29.8 Å². The van der Waals surface area contributed by atoms with Crippen LogP contribution >= 0.6 is 0 Å². The molecule has 3 rings (SSSR count). The van der Waals surface area contributed by atoms with E-state index in [2.05, 4.69) is 13.8 Å². The van der Waals surface area contributed by atoms with Crippen LogP contribution in [0.5, 0.6) is 5.75 Å². The third-order valence-corrected chi connectivity index (χ3v) is 6.95. The Morgan fingerprint density at radius 3 is 1.52 bits per heavy atom. The number of rotatable bonds is 7. The molecule has 0 unspecified atom stereocenters. The van der Waals surface area contributed by atoms with Crippen molar-refractivity contribution in [2.45, 2.75) is 79.6 Å². The maximum absolute atomic E-state index is 13.2. The van der Waals surface area contributed by atoms with Crippen LogP contribution in [0, 0.1) is 28.6 Å². The highest BCUT2D eigenvalue weighted by molar-refractivity contribution is 6.11. The topological polar surface area (TPSA) is 77.5 Å². The van der Waals surface area contributed by atoms with Crippen LogP contribution in [0.25, 0.3) is 0 Å². The van der Waals surface area contributed by atoms with Crippen molar-refractivity contribution >= 4 is 23.1 Å². The Kier molecular flexibility index (Phi) is 7.30. The van der Waals surface area contributed by atoms with Gasteiger partial charge in [0.2, 0.25) is 0 Å². The molecular weight excluding hydrogens is 416 g/mol. The molecule has 0 bridgehead atoms. The first kappa shape index (κ1) is 25.3. The predicted molar refractivity (Wildman–Crippen MR) is 127 cm³/mol. The molecule has 2 fully saturated rings. The average Bonchev–Trinajstić information content (AvgIpc) is 2.64. The highest BCUT2D eigenvalue weighted by Gasteiger charge is 2.52. The van der Waals surface area contributed by atoms with Gasteiger partial charge >= 0.3 is 0 Å². The smallest absolute Gasteiger partial charge is 0.144 e. The van der Waals surface area contributed by atoms with E-state index in [0.29, 0.717) is 23.8 Å². The maximum Gasteiger partial charge on any atom is 0.144 e. The number of hydrogen-bond acceptors (Lipinski definition) is 5. The van der Waals surface area contributed by atoms with Gasteiger partial charge in [-0.15, -0.1) is 0 Å². The van der Waals surface area contributed by atoms with Gasteiger partial charge in [-0.3, -0.25) is 19.2 Å². The van der Waals surface area contributed by atoms with Crippen LogP contribution in [0.15, 0.2) is 24.3 Å². The summed E-state index contributed by atoms with van der Waals surface area (Å²) in [6.07, 6.45) is 2.04. The first-order valence-electron chi connectivity index (χ1n) is 12.1. The van der Waals surface area contributed by atoms with Gasteiger partial charge in [0.15, 0.2) is 0 Å². The molecule has 1 aromatic carbocycles. The highest BCUT2D eigenvalue weighted by atomic mass is 16.5. The normalized spacial score (nSPS) is 21.8. The second-order valence-electron chi connectivity index (χ2n) is 12.0. The molecule has 0 radical (unpaired) electrons. The molecule has 5 heteroatoms. The van der Waals surface area contributed by atoms with Gasteiger partial charge in [0.1, 0.15) is 28.9 Å². The molecule has 33 heavy (non-hydrogen) atoms. The van der Waals surface area contributed by atoms with Gasteiger partial charge in [-0.2, -0.15) is 0 Å². The van der Waals surface area contributed by atoms with E-state index in [0.717, 1.165) is 6.42 Å². The highest BCUT2D eigenvalue weighted by Crippen LogP contribution is 2.47. The van der Waals surface area contributed by atoms with Gasteiger partial charge in [-0.1, -0.05) is 53.7 Å². The van der Waals surface area contributed by atoms with Crippen molar-refractivity contribution in [3.63, 3.8) is 0 Å². The van der Waals surface area contributed by atoms with Crippen molar-refractivity contribution < 1.29 is 23.9 Å². The van der Waals surface area contributed by atoms with Crippen molar-refractivity contribution in [2.75, 3.05) is 6.61 Å².